The zero-order chi connectivity index (χ0) is 21.1. The molecule has 2 aromatic carbocycles. The van der Waals surface area contributed by atoms with Gasteiger partial charge in [-0.1, -0.05) is 12.1 Å². The van der Waals surface area contributed by atoms with Gasteiger partial charge in [0.2, 0.25) is 0 Å². The highest BCUT2D eigenvalue weighted by atomic mass is 32.1. The third kappa shape index (κ3) is 4.50. The molecule has 2 unspecified atom stereocenters. The van der Waals surface area contributed by atoms with Crippen molar-refractivity contribution in [3.63, 3.8) is 0 Å². The predicted molar refractivity (Wildman–Crippen MR) is 116 cm³/mol. The van der Waals surface area contributed by atoms with Crippen LogP contribution in [-0.4, -0.2) is 29.3 Å². The Bertz CT molecular complexity index is 1000. The van der Waals surface area contributed by atoms with Crippen LogP contribution in [-0.2, 0) is 4.79 Å². The van der Waals surface area contributed by atoms with Crippen LogP contribution in [0.1, 0.15) is 46.7 Å². The van der Waals surface area contributed by atoms with Crippen molar-refractivity contribution < 1.29 is 13.6 Å². The van der Waals surface area contributed by atoms with Gasteiger partial charge in [-0.15, -0.1) is 11.3 Å². The molecule has 1 saturated heterocycles. The van der Waals surface area contributed by atoms with Crippen LogP contribution < -0.4 is 0 Å². The number of halogens is 2. The standard InChI is InChI=1S/C24H24F2N2OS/c1-16-27-23(18-6-10-21(26)11-7-18)24(30-16)19-12-13-28(15-19)22(3-2-14-29)17-4-8-20(25)9-5-17/h4-11,14,19,22H,2-3,12-13,15H2,1H3. The summed E-state index contributed by atoms with van der Waals surface area (Å²) in [6, 6.07) is 13.2. The molecule has 4 rings (SSSR count). The van der Waals surface area contributed by atoms with E-state index in [4.69, 9.17) is 4.98 Å². The van der Waals surface area contributed by atoms with Gasteiger partial charge in [0.15, 0.2) is 0 Å². The molecule has 0 spiro atoms. The smallest absolute Gasteiger partial charge is 0.123 e. The van der Waals surface area contributed by atoms with Crippen molar-refractivity contribution in [1.82, 2.24) is 9.88 Å². The lowest BCUT2D eigenvalue weighted by Gasteiger charge is -2.28. The van der Waals surface area contributed by atoms with Gasteiger partial charge in [-0.25, -0.2) is 13.8 Å². The van der Waals surface area contributed by atoms with Crippen LogP contribution in [0, 0.1) is 18.6 Å². The molecule has 1 aliphatic heterocycles. The number of likely N-dealkylation sites (tertiary alicyclic amines) is 1. The summed E-state index contributed by atoms with van der Waals surface area (Å²) >= 11 is 1.70. The minimum absolute atomic E-state index is 0.0871. The van der Waals surface area contributed by atoms with Crippen molar-refractivity contribution in [2.45, 2.75) is 38.1 Å². The SMILES string of the molecule is Cc1nc(-c2ccc(F)cc2)c(C2CCN(C(CCC=O)c3ccc(F)cc3)C2)s1. The van der Waals surface area contributed by atoms with Gasteiger partial charge in [-0.2, -0.15) is 0 Å². The maximum atomic E-state index is 13.4. The van der Waals surface area contributed by atoms with Crippen molar-refractivity contribution >= 4 is 17.6 Å². The summed E-state index contributed by atoms with van der Waals surface area (Å²) in [5, 5.41) is 0.999. The number of carbonyl (C=O) groups is 1. The van der Waals surface area contributed by atoms with Gasteiger partial charge < -0.3 is 4.79 Å². The molecule has 2 heterocycles. The zero-order valence-corrected chi connectivity index (χ0v) is 17.7. The Kier molecular flexibility index (Phi) is 6.35. The van der Waals surface area contributed by atoms with Gasteiger partial charge in [0.25, 0.3) is 0 Å². The van der Waals surface area contributed by atoms with Gasteiger partial charge in [0.05, 0.1) is 10.7 Å². The largest absolute Gasteiger partial charge is 0.303 e. The lowest BCUT2D eigenvalue weighted by Crippen LogP contribution is -2.26. The van der Waals surface area contributed by atoms with Crippen molar-refractivity contribution in [1.29, 1.82) is 0 Å². The number of aldehydes is 1. The molecule has 6 heteroatoms. The molecular weight excluding hydrogens is 402 g/mol. The number of carbonyl (C=O) groups excluding carboxylic acids is 1. The number of nitrogens with zero attached hydrogens (tertiary/aromatic N) is 2. The number of aromatic nitrogens is 1. The Balaban J connectivity index is 1.58. The molecule has 0 aliphatic carbocycles. The van der Waals surface area contributed by atoms with E-state index in [0.717, 1.165) is 47.6 Å². The molecule has 0 N–H and O–H groups in total. The maximum Gasteiger partial charge on any atom is 0.123 e. The lowest BCUT2D eigenvalue weighted by atomic mass is 10.00. The Morgan fingerprint density at radius 3 is 2.47 bits per heavy atom. The average molecular weight is 427 g/mol. The second kappa shape index (κ2) is 9.14. The lowest BCUT2D eigenvalue weighted by molar-refractivity contribution is -0.108. The molecule has 3 nitrogen and oxygen atoms in total. The number of benzene rings is 2. The van der Waals surface area contributed by atoms with E-state index in [1.54, 1.807) is 23.5 Å². The summed E-state index contributed by atoms with van der Waals surface area (Å²) in [5.41, 5.74) is 2.92. The molecule has 0 saturated carbocycles. The van der Waals surface area contributed by atoms with Crippen molar-refractivity contribution in [3.05, 3.63) is 75.6 Å². The fourth-order valence-corrected chi connectivity index (χ4v) is 5.36. The van der Waals surface area contributed by atoms with E-state index in [1.165, 1.54) is 29.1 Å². The summed E-state index contributed by atoms with van der Waals surface area (Å²) in [5.74, 6) is -0.177. The quantitative estimate of drug-likeness (QED) is 0.441. The molecule has 0 radical (unpaired) electrons. The van der Waals surface area contributed by atoms with Crippen molar-refractivity contribution in [2.75, 3.05) is 13.1 Å². The van der Waals surface area contributed by atoms with E-state index in [1.807, 2.05) is 19.1 Å². The number of aryl methyl sites for hydroxylation is 1. The van der Waals surface area contributed by atoms with Gasteiger partial charge in [0, 0.05) is 35.4 Å². The van der Waals surface area contributed by atoms with Crippen LogP contribution in [0.15, 0.2) is 48.5 Å². The Morgan fingerprint density at radius 2 is 1.80 bits per heavy atom. The number of hydrogen-bond acceptors (Lipinski definition) is 4. The molecule has 2 atom stereocenters. The first-order chi connectivity index (χ1) is 14.5. The second-order valence-corrected chi connectivity index (χ2v) is 8.98. The molecular formula is C24H24F2N2OS. The number of thiazole rings is 1. The molecule has 0 bridgehead atoms. The van der Waals surface area contributed by atoms with E-state index >= 15 is 0 Å². The van der Waals surface area contributed by atoms with Gasteiger partial charge in [0.1, 0.15) is 17.9 Å². The van der Waals surface area contributed by atoms with Crippen molar-refractivity contribution in [2.24, 2.45) is 0 Å². The van der Waals surface area contributed by atoms with E-state index in [-0.39, 0.29) is 17.7 Å². The fourth-order valence-electron chi connectivity index (χ4n) is 4.29. The topological polar surface area (TPSA) is 33.2 Å². The van der Waals surface area contributed by atoms with E-state index in [0.29, 0.717) is 18.8 Å². The van der Waals surface area contributed by atoms with Crippen molar-refractivity contribution in [3.8, 4) is 11.3 Å². The summed E-state index contributed by atoms with van der Waals surface area (Å²) in [4.78, 5) is 19.4. The number of rotatable bonds is 7. The number of hydrogen-bond donors (Lipinski definition) is 0. The summed E-state index contributed by atoms with van der Waals surface area (Å²) in [6.45, 7) is 3.77. The summed E-state index contributed by atoms with van der Waals surface area (Å²) in [7, 11) is 0. The van der Waals surface area contributed by atoms with E-state index in [9.17, 15) is 13.6 Å². The first-order valence-corrected chi connectivity index (χ1v) is 11.0. The molecule has 0 amide bonds. The van der Waals surface area contributed by atoms with Crippen LogP contribution in [0.4, 0.5) is 8.78 Å². The first kappa shape index (κ1) is 20.8. The van der Waals surface area contributed by atoms with E-state index in [2.05, 4.69) is 4.90 Å². The predicted octanol–water partition coefficient (Wildman–Crippen LogP) is 5.91. The first-order valence-electron chi connectivity index (χ1n) is 10.2. The normalized spacial score (nSPS) is 17.9. The third-order valence-corrected chi connectivity index (χ3v) is 6.86. The van der Waals surface area contributed by atoms with Gasteiger partial charge >= 0.3 is 0 Å². The third-order valence-electron chi connectivity index (χ3n) is 5.72. The Morgan fingerprint density at radius 1 is 1.13 bits per heavy atom. The molecule has 1 aliphatic rings. The van der Waals surface area contributed by atoms with Crippen LogP contribution in [0.5, 0.6) is 0 Å². The maximum absolute atomic E-state index is 13.4. The van der Waals surface area contributed by atoms with Crippen LogP contribution >= 0.6 is 11.3 Å². The van der Waals surface area contributed by atoms with E-state index < -0.39 is 0 Å². The summed E-state index contributed by atoms with van der Waals surface area (Å²) < 4.78 is 26.8. The summed E-state index contributed by atoms with van der Waals surface area (Å²) in [6.07, 6.45) is 3.13. The highest BCUT2D eigenvalue weighted by Crippen LogP contribution is 2.41. The Labute approximate surface area is 179 Å². The molecule has 1 aromatic heterocycles. The van der Waals surface area contributed by atoms with Gasteiger partial charge in [-0.3, -0.25) is 4.90 Å². The van der Waals surface area contributed by atoms with Gasteiger partial charge in [-0.05, 0) is 68.3 Å². The highest BCUT2D eigenvalue weighted by molar-refractivity contribution is 7.12. The minimum atomic E-state index is -0.253. The average Bonchev–Trinajstić information content (AvgIpc) is 3.37. The fraction of sp³-hybridized carbons (Fsp3) is 0.333. The van der Waals surface area contributed by atoms with Crippen LogP contribution in [0.2, 0.25) is 0 Å². The highest BCUT2D eigenvalue weighted by Gasteiger charge is 2.32. The zero-order valence-electron chi connectivity index (χ0n) is 16.9. The second-order valence-electron chi connectivity index (χ2n) is 7.74. The minimum Gasteiger partial charge on any atom is -0.303 e. The molecule has 1 fully saturated rings. The molecule has 156 valence electrons. The van der Waals surface area contributed by atoms with Crippen LogP contribution in [0.3, 0.4) is 0 Å². The van der Waals surface area contributed by atoms with Crippen LogP contribution in [0.25, 0.3) is 11.3 Å². The molecule has 3 aromatic rings. The monoisotopic (exact) mass is 426 g/mol. The molecule has 30 heavy (non-hydrogen) atoms. The Hall–Kier alpha value is -2.44.